The number of rotatable bonds is 2. The maximum atomic E-state index is 13.1. The minimum Gasteiger partial charge on any atom is -0.464 e. The van der Waals surface area contributed by atoms with Gasteiger partial charge in [-0.1, -0.05) is 18.2 Å². The third kappa shape index (κ3) is 1.81. The number of carbonyl (C=O) groups is 1. The van der Waals surface area contributed by atoms with E-state index in [0.29, 0.717) is 6.42 Å². The molecule has 1 aromatic carbocycles. The first-order valence-corrected chi connectivity index (χ1v) is 8.56. The Balaban J connectivity index is 1.47. The summed E-state index contributed by atoms with van der Waals surface area (Å²) < 4.78 is 5.59. The number of hydrogen-bond donors (Lipinski definition) is 1. The van der Waals surface area contributed by atoms with Gasteiger partial charge in [0, 0.05) is 29.6 Å². The van der Waals surface area contributed by atoms with Crippen LogP contribution in [0.4, 0.5) is 0 Å². The zero-order valence-electron chi connectivity index (χ0n) is 13.4. The highest BCUT2D eigenvalue weighted by Gasteiger charge is 2.50. The Morgan fingerprint density at radius 3 is 3.04 bits per heavy atom. The number of benzene rings is 1. The third-order valence-electron chi connectivity index (χ3n) is 5.65. The van der Waals surface area contributed by atoms with Crippen LogP contribution in [-0.4, -0.2) is 27.3 Å². The van der Waals surface area contributed by atoms with Crippen molar-refractivity contribution in [1.82, 2.24) is 14.9 Å². The summed E-state index contributed by atoms with van der Waals surface area (Å²) in [4.78, 5) is 23.0. The number of nitrogens with zero attached hydrogens (tertiary/aromatic N) is 2. The molecule has 1 fully saturated rings. The van der Waals surface area contributed by atoms with Crippen molar-refractivity contribution < 1.29 is 9.21 Å². The first-order chi connectivity index (χ1) is 11.8. The molecule has 24 heavy (non-hydrogen) atoms. The highest BCUT2D eigenvalue weighted by Crippen LogP contribution is 2.49. The van der Waals surface area contributed by atoms with Crippen molar-refractivity contribution in [2.24, 2.45) is 0 Å². The lowest BCUT2D eigenvalue weighted by Crippen LogP contribution is -2.57. The molecule has 1 spiro atoms. The van der Waals surface area contributed by atoms with Gasteiger partial charge < -0.3 is 14.3 Å². The molecule has 1 N–H and O–H groups in total. The molecule has 3 heterocycles. The molecule has 3 aromatic rings. The Morgan fingerprint density at radius 2 is 2.21 bits per heavy atom. The lowest BCUT2D eigenvalue weighted by molar-refractivity contribution is -0.143. The summed E-state index contributed by atoms with van der Waals surface area (Å²) in [5.41, 5.74) is 3.92. The van der Waals surface area contributed by atoms with Crippen LogP contribution < -0.4 is 0 Å². The monoisotopic (exact) mass is 321 g/mol. The minimum atomic E-state index is -0.176. The highest BCUT2D eigenvalue weighted by molar-refractivity contribution is 5.88. The van der Waals surface area contributed by atoms with Gasteiger partial charge in [-0.3, -0.25) is 4.79 Å². The maximum absolute atomic E-state index is 13.1. The predicted octanol–water partition coefficient (Wildman–Crippen LogP) is 3.16. The zero-order valence-corrected chi connectivity index (χ0v) is 13.4. The molecule has 0 unspecified atom stereocenters. The van der Waals surface area contributed by atoms with Gasteiger partial charge in [0.15, 0.2) is 0 Å². The lowest BCUT2D eigenvalue weighted by Gasteiger charge is -2.52. The third-order valence-corrected chi connectivity index (χ3v) is 5.65. The Kier molecular flexibility index (Phi) is 2.86. The average molecular weight is 321 g/mol. The number of para-hydroxylation sites is 1. The zero-order chi connectivity index (χ0) is 16.1. The van der Waals surface area contributed by atoms with Crippen LogP contribution in [0.3, 0.4) is 0 Å². The molecule has 5 rings (SSSR count). The fourth-order valence-electron chi connectivity index (χ4n) is 4.29. The van der Waals surface area contributed by atoms with E-state index in [9.17, 15) is 4.79 Å². The number of amides is 1. The van der Waals surface area contributed by atoms with Gasteiger partial charge in [-0.2, -0.15) is 0 Å². The second-order valence-corrected chi connectivity index (χ2v) is 6.84. The number of aromatic amines is 1. The van der Waals surface area contributed by atoms with Gasteiger partial charge in [0.25, 0.3) is 0 Å². The van der Waals surface area contributed by atoms with E-state index in [2.05, 4.69) is 14.9 Å². The van der Waals surface area contributed by atoms with Gasteiger partial charge in [-0.15, -0.1) is 0 Å². The van der Waals surface area contributed by atoms with Crippen molar-refractivity contribution in [3.63, 3.8) is 0 Å². The molecule has 0 saturated heterocycles. The molecule has 0 atom stereocenters. The second-order valence-electron chi connectivity index (χ2n) is 6.84. The molecule has 5 nitrogen and oxygen atoms in total. The summed E-state index contributed by atoms with van der Waals surface area (Å²) in [5.74, 6) is 0.176. The molecule has 0 radical (unpaired) electrons. The van der Waals surface area contributed by atoms with E-state index in [1.54, 1.807) is 12.6 Å². The molecule has 0 bridgehead atoms. The van der Waals surface area contributed by atoms with Gasteiger partial charge in [0.1, 0.15) is 5.58 Å². The molecule has 2 aliphatic rings. The molecule has 2 aromatic heterocycles. The van der Waals surface area contributed by atoms with Crippen molar-refractivity contribution >= 4 is 16.9 Å². The molecule has 5 heteroatoms. The van der Waals surface area contributed by atoms with E-state index in [1.165, 1.54) is 5.69 Å². The Morgan fingerprint density at radius 1 is 1.33 bits per heavy atom. The van der Waals surface area contributed by atoms with E-state index in [1.807, 2.05) is 24.3 Å². The number of imidazole rings is 1. The quantitative estimate of drug-likeness (QED) is 0.788. The Hall–Kier alpha value is -2.56. The van der Waals surface area contributed by atoms with Crippen LogP contribution in [0.5, 0.6) is 0 Å². The van der Waals surface area contributed by atoms with Crippen LogP contribution >= 0.6 is 0 Å². The summed E-state index contributed by atoms with van der Waals surface area (Å²) >= 11 is 0. The summed E-state index contributed by atoms with van der Waals surface area (Å²) in [7, 11) is 0. The number of H-pyrrole nitrogens is 1. The number of hydrogen-bond acceptors (Lipinski definition) is 3. The summed E-state index contributed by atoms with van der Waals surface area (Å²) in [5, 5.41) is 1.03. The molecule has 1 saturated carbocycles. The van der Waals surface area contributed by atoms with Crippen molar-refractivity contribution in [1.29, 1.82) is 0 Å². The first kappa shape index (κ1) is 13.8. The smallest absolute Gasteiger partial charge is 0.227 e. The van der Waals surface area contributed by atoms with Crippen molar-refractivity contribution in [2.45, 2.75) is 37.6 Å². The van der Waals surface area contributed by atoms with Crippen molar-refractivity contribution in [2.75, 3.05) is 6.54 Å². The topological polar surface area (TPSA) is 62.1 Å². The van der Waals surface area contributed by atoms with Gasteiger partial charge in [0.2, 0.25) is 5.91 Å². The SMILES string of the molecule is O=C(Cc1coc2ccccc12)N1CCc2[nH]cnc2C12CCC2. The van der Waals surface area contributed by atoms with E-state index in [-0.39, 0.29) is 11.4 Å². The summed E-state index contributed by atoms with van der Waals surface area (Å²) in [6, 6.07) is 7.89. The van der Waals surface area contributed by atoms with Crippen LogP contribution in [0.1, 0.15) is 36.2 Å². The fraction of sp³-hybridized carbons (Fsp3) is 0.368. The number of carbonyl (C=O) groups excluding carboxylic acids is 1. The van der Waals surface area contributed by atoms with Crippen LogP contribution in [0.2, 0.25) is 0 Å². The summed E-state index contributed by atoms with van der Waals surface area (Å²) in [6.45, 7) is 0.768. The van der Waals surface area contributed by atoms with Gasteiger partial charge in [0.05, 0.1) is 30.2 Å². The molecular formula is C19H19N3O2. The lowest BCUT2D eigenvalue weighted by atomic mass is 9.70. The number of furan rings is 1. The normalized spacial score (nSPS) is 18.6. The van der Waals surface area contributed by atoms with Crippen LogP contribution in [0.25, 0.3) is 11.0 Å². The van der Waals surface area contributed by atoms with Gasteiger partial charge in [-0.25, -0.2) is 4.98 Å². The maximum Gasteiger partial charge on any atom is 0.227 e. The molecular weight excluding hydrogens is 302 g/mol. The van der Waals surface area contributed by atoms with E-state index < -0.39 is 0 Å². The largest absolute Gasteiger partial charge is 0.464 e. The molecule has 1 amide bonds. The van der Waals surface area contributed by atoms with Gasteiger partial charge in [-0.05, 0) is 25.3 Å². The van der Waals surface area contributed by atoms with E-state index >= 15 is 0 Å². The minimum absolute atomic E-state index is 0.176. The average Bonchev–Trinajstić information content (AvgIpc) is 3.19. The fourth-order valence-corrected chi connectivity index (χ4v) is 4.29. The molecule has 1 aliphatic carbocycles. The summed E-state index contributed by atoms with van der Waals surface area (Å²) in [6.07, 6.45) is 7.92. The molecule has 1 aliphatic heterocycles. The van der Waals surface area contributed by atoms with Crippen molar-refractivity contribution in [3.8, 4) is 0 Å². The number of nitrogens with one attached hydrogen (secondary N) is 1. The van der Waals surface area contributed by atoms with Gasteiger partial charge >= 0.3 is 0 Å². The Bertz CT molecular complexity index is 919. The van der Waals surface area contributed by atoms with Crippen LogP contribution in [0, 0.1) is 0 Å². The van der Waals surface area contributed by atoms with E-state index in [0.717, 1.165) is 54.5 Å². The first-order valence-electron chi connectivity index (χ1n) is 8.56. The van der Waals surface area contributed by atoms with Crippen LogP contribution in [-0.2, 0) is 23.2 Å². The Labute approximate surface area is 139 Å². The number of fused-ring (bicyclic) bond motifs is 3. The highest BCUT2D eigenvalue weighted by atomic mass is 16.3. The van der Waals surface area contributed by atoms with Crippen molar-refractivity contribution in [3.05, 3.63) is 53.8 Å². The second kappa shape index (κ2) is 4.97. The standard InChI is InChI=1S/C19H19N3O2/c23-17(10-13-11-24-16-5-2-1-4-14(13)16)22-9-6-15-18(21-12-20-15)19(22)7-3-8-19/h1-2,4-5,11-12H,3,6-10H2,(H,20,21). The predicted molar refractivity (Wildman–Crippen MR) is 89.5 cm³/mol. The molecule has 122 valence electrons. The van der Waals surface area contributed by atoms with E-state index in [4.69, 9.17) is 4.42 Å². The van der Waals surface area contributed by atoms with Crippen LogP contribution in [0.15, 0.2) is 41.3 Å². The number of aromatic nitrogens is 2.